The summed E-state index contributed by atoms with van der Waals surface area (Å²) in [5.74, 6) is 0.950. The molecule has 3 nitrogen and oxygen atoms in total. The first-order chi connectivity index (χ1) is 10.5. The summed E-state index contributed by atoms with van der Waals surface area (Å²) in [6.07, 6.45) is 4.06. The van der Waals surface area contributed by atoms with E-state index in [-0.39, 0.29) is 0 Å². The molecule has 0 aromatic heterocycles. The highest BCUT2D eigenvalue weighted by molar-refractivity contribution is 6.02. The van der Waals surface area contributed by atoms with E-state index in [1.54, 1.807) is 6.20 Å². The molecular weight excluding hydrogens is 272 g/mol. The number of aryl methyl sites for hydroxylation is 1. The molecule has 1 aliphatic heterocycles. The first kappa shape index (κ1) is 16.8. The molecule has 1 saturated heterocycles. The van der Waals surface area contributed by atoms with Crippen LogP contribution in [0.2, 0.25) is 0 Å². The van der Waals surface area contributed by atoms with Crippen LogP contribution in [-0.4, -0.2) is 35.8 Å². The number of ether oxygens (including phenoxy) is 1. The average Bonchev–Trinajstić information content (AvgIpc) is 2.48. The van der Waals surface area contributed by atoms with E-state index in [0.29, 0.717) is 12.1 Å². The molecule has 0 amide bonds. The third-order valence-corrected chi connectivity index (χ3v) is 4.38. The zero-order valence-corrected chi connectivity index (χ0v) is 14.3. The lowest BCUT2D eigenvalue weighted by Gasteiger charge is -2.35. The minimum atomic E-state index is 0.298. The number of benzene rings is 1. The predicted molar refractivity (Wildman–Crippen MR) is 93.9 cm³/mol. The molecule has 22 heavy (non-hydrogen) atoms. The van der Waals surface area contributed by atoms with Crippen LogP contribution in [0.4, 0.5) is 0 Å². The van der Waals surface area contributed by atoms with Crippen LogP contribution < -0.4 is 4.74 Å². The Morgan fingerprint density at radius 1 is 1.36 bits per heavy atom. The molecule has 0 bridgehead atoms. The lowest BCUT2D eigenvalue weighted by atomic mass is 10.0. The van der Waals surface area contributed by atoms with Gasteiger partial charge in [0.1, 0.15) is 11.9 Å². The summed E-state index contributed by atoms with van der Waals surface area (Å²) in [5.41, 5.74) is 3.26. The van der Waals surface area contributed by atoms with E-state index in [2.05, 4.69) is 55.4 Å². The normalized spacial score (nSPS) is 17.8. The van der Waals surface area contributed by atoms with Crippen molar-refractivity contribution in [2.24, 2.45) is 4.99 Å². The maximum Gasteiger partial charge on any atom is 0.129 e. The smallest absolute Gasteiger partial charge is 0.129 e. The van der Waals surface area contributed by atoms with Crippen LogP contribution in [0.15, 0.2) is 36.0 Å². The summed E-state index contributed by atoms with van der Waals surface area (Å²) in [5, 5.41) is 0. The number of likely N-dealkylation sites (tertiary alicyclic amines) is 1. The summed E-state index contributed by atoms with van der Waals surface area (Å²) in [6, 6.07) is 6.83. The van der Waals surface area contributed by atoms with Gasteiger partial charge in [-0.2, -0.15) is 0 Å². The Kier molecular flexibility index (Phi) is 5.78. The number of hydrogen-bond acceptors (Lipinski definition) is 3. The SMILES string of the molecule is C=CN=C(C)c1c(C)cccc1OC1CCN(C(C)C)CC1. The van der Waals surface area contributed by atoms with Gasteiger partial charge in [0.05, 0.1) is 0 Å². The second-order valence-corrected chi connectivity index (χ2v) is 6.29. The second kappa shape index (κ2) is 7.59. The Bertz CT molecular complexity index is 540. The van der Waals surface area contributed by atoms with Crippen LogP contribution >= 0.6 is 0 Å². The average molecular weight is 300 g/mol. The van der Waals surface area contributed by atoms with Gasteiger partial charge in [-0.25, -0.2) is 0 Å². The van der Waals surface area contributed by atoms with Gasteiger partial charge >= 0.3 is 0 Å². The molecule has 0 unspecified atom stereocenters. The van der Waals surface area contributed by atoms with Crippen molar-refractivity contribution in [3.8, 4) is 5.75 Å². The van der Waals surface area contributed by atoms with Gasteiger partial charge in [0, 0.05) is 36.6 Å². The summed E-state index contributed by atoms with van der Waals surface area (Å²) in [6.45, 7) is 14.6. The van der Waals surface area contributed by atoms with E-state index < -0.39 is 0 Å². The highest BCUT2D eigenvalue weighted by Crippen LogP contribution is 2.27. The first-order valence-electron chi connectivity index (χ1n) is 8.19. The minimum Gasteiger partial charge on any atom is -0.490 e. The Balaban J connectivity index is 2.12. The van der Waals surface area contributed by atoms with E-state index >= 15 is 0 Å². The van der Waals surface area contributed by atoms with Crippen LogP contribution in [0.25, 0.3) is 0 Å². The zero-order chi connectivity index (χ0) is 16.1. The van der Waals surface area contributed by atoms with Gasteiger partial charge in [0.15, 0.2) is 0 Å². The molecule has 3 heteroatoms. The van der Waals surface area contributed by atoms with Crippen molar-refractivity contribution >= 4 is 5.71 Å². The van der Waals surface area contributed by atoms with Gasteiger partial charge in [-0.15, -0.1) is 0 Å². The first-order valence-corrected chi connectivity index (χ1v) is 8.19. The highest BCUT2D eigenvalue weighted by atomic mass is 16.5. The summed E-state index contributed by atoms with van der Waals surface area (Å²) >= 11 is 0. The fourth-order valence-electron chi connectivity index (χ4n) is 3.09. The topological polar surface area (TPSA) is 24.8 Å². The third-order valence-electron chi connectivity index (χ3n) is 4.38. The van der Waals surface area contributed by atoms with E-state index in [4.69, 9.17) is 4.74 Å². The summed E-state index contributed by atoms with van der Waals surface area (Å²) in [7, 11) is 0. The Hall–Kier alpha value is -1.61. The molecule has 1 aromatic carbocycles. The molecule has 0 radical (unpaired) electrons. The Morgan fingerprint density at radius 2 is 2.05 bits per heavy atom. The highest BCUT2D eigenvalue weighted by Gasteiger charge is 2.23. The molecule has 2 rings (SSSR count). The number of aliphatic imine (C=N–C) groups is 1. The molecule has 0 aliphatic carbocycles. The molecule has 1 fully saturated rings. The molecule has 1 aromatic rings. The van der Waals surface area contributed by atoms with Crippen LogP contribution in [0.3, 0.4) is 0 Å². The zero-order valence-electron chi connectivity index (χ0n) is 14.3. The molecular formula is C19H28N2O. The number of rotatable bonds is 5. The third kappa shape index (κ3) is 3.98. The predicted octanol–water partition coefficient (Wildman–Crippen LogP) is 4.20. The standard InChI is InChI=1S/C19H28N2O/c1-6-20-16(5)19-15(4)8-7-9-18(19)22-17-10-12-21(13-11-17)14(2)3/h6-9,14,17H,1,10-13H2,2-5H3. The number of nitrogens with zero attached hydrogens (tertiary/aromatic N) is 2. The van der Waals surface area contributed by atoms with Gasteiger partial charge in [0.25, 0.3) is 0 Å². The van der Waals surface area contributed by atoms with Gasteiger partial charge in [-0.1, -0.05) is 18.7 Å². The van der Waals surface area contributed by atoms with E-state index in [0.717, 1.165) is 43.0 Å². The van der Waals surface area contributed by atoms with Crippen LogP contribution in [0.5, 0.6) is 5.75 Å². The van der Waals surface area contributed by atoms with Gasteiger partial charge in [0.2, 0.25) is 0 Å². The maximum atomic E-state index is 6.32. The molecule has 0 saturated carbocycles. The lowest BCUT2D eigenvalue weighted by Crippen LogP contribution is -2.41. The number of hydrogen-bond donors (Lipinski definition) is 0. The van der Waals surface area contributed by atoms with Crippen molar-refractivity contribution in [1.82, 2.24) is 4.90 Å². The second-order valence-electron chi connectivity index (χ2n) is 6.29. The van der Waals surface area contributed by atoms with Crippen molar-refractivity contribution in [2.75, 3.05) is 13.1 Å². The van der Waals surface area contributed by atoms with Gasteiger partial charge in [-0.05, 0) is 52.2 Å². The Labute approximate surface area is 134 Å². The van der Waals surface area contributed by atoms with Crippen molar-refractivity contribution in [3.05, 3.63) is 42.1 Å². The largest absolute Gasteiger partial charge is 0.490 e. The fourth-order valence-corrected chi connectivity index (χ4v) is 3.09. The van der Waals surface area contributed by atoms with Crippen molar-refractivity contribution in [1.29, 1.82) is 0 Å². The molecule has 1 heterocycles. The molecule has 0 atom stereocenters. The van der Waals surface area contributed by atoms with Crippen molar-refractivity contribution in [3.63, 3.8) is 0 Å². The molecule has 1 aliphatic rings. The van der Waals surface area contributed by atoms with Crippen LogP contribution in [0, 0.1) is 6.92 Å². The maximum absolute atomic E-state index is 6.32. The molecule has 120 valence electrons. The Morgan fingerprint density at radius 3 is 2.64 bits per heavy atom. The van der Waals surface area contributed by atoms with E-state index in [1.165, 1.54) is 5.56 Å². The molecule has 0 spiro atoms. The van der Waals surface area contributed by atoms with Crippen molar-refractivity contribution < 1.29 is 4.74 Å². The monoisotopic (exact) mass is 300 g/mol. The van der Waals surface area contributed by atoms with Gasteiger partial charge in [-0.3, -0.25) is 4.99 Å². The van der Waals surface area contributed by atoms with Crippen LogP contribution in [0.1, 0.15) is 44.7 Å². The fraction of sp³-hybridized carbons (Fsp3) is 0.526. The summed E-state index contributed by atoms with van der Waals surface area (Å²) < 4.78 is 6.32. The van der Waals surface area contributed by atoms with E-state index in [9.17, 15) is 0 Å². The molecule has 0 N–H and O–H groups in total. The quantitative estimate of drug-likeness (QED) is 0.761. The van der Waals surface area contributed by atoms with Crippen molar-refractivity contribution in [2.45, 2.75) is 52.7 Å². The van der Waals surface area contributed by atoms with E-state index in [1.807, 2.05) is 6.92 Å². The summed E-state index contributed by atoms with van der Waals surface area (Å²) in [4.78, 5) is 6.85. The van der Waals surface area contributed by atoms with Gasteiger partial charge < -0.3 is 9.64 Å². The van der Waals surface area contributed by atoms with Crippen LogP contribution in [-0.2, 0) is 0 Å². The lowest BCUT2D eigenvalue weighted by molar-refractivity contribution is 0.0841. The minimum absolute atomic E-state index is 0.298. The number of piperidine rings is 1.